The molecule has 0 radical (unpaired) electrons. The molecule has 178 valence electrons. The first-order valence-corrected chi connectivity index (χ1v) is 13.9. The van der Waals surface area contributed by atoms with Crippen LogP contribution in [0, 0.1) is 0 Å². The predicted molar refractivity (Wildman–Crippen MR) is 144 cm³/mol. The molecule has 0 aliphatic carbocycles. The van der Waals surface area contributed by atoms with Crippen LogP contribution in [0.3, 0.4) is 0 Å². The summed E-state index contributed by atoms with van der Waals surface area (Å²) >= 11 is 0. The molecule has 0 heterocycles. The van der Waals surface area contributed by atoms with Crippen LogP contribution in [0.25, 0.3) is 0 Å². The summed E-state index contributed by atoms with van der Waals surface area (Å²) in [6.07, 6.45) is 17.3. The van der Waals surface area contributed by atoms with Gasteiger partial charge in [0.25, 0.3) is 0 Å². The molecule has 2 aromatic carbocycles. The van der Waals surface area contributed by atoms with E-state index in [1.165, 1.54) is 89.9 Å². The van der Waals surface area contributed by atoms with Gasteiger partial charge in [0.2, 0.25) is 0 Å². The van der Waals surface area contributed by atoms with Gasteiger partial charge < -0.3 is 0 Å². The molecular weight excluding hydrogens is 384 g/mol. The number of aryl methyl sites for hydroxylation is 4. The van der Waals surface area contributed by atoms with Crippen LogP contribution in [0.4, 0.5) is 0 Å². The van der Waals surface area contributed by atoms with Crippen LogP contribution < -0.4 is 0 Å². The normalized spacial score (nSPS) is 11.3. The van der Waals surface area contributed by atoms with Crippen molar-refractivity contribution in [1.82, 2.24) is 0 Å². The Labute approximate surface area is 200 Å². The monoisotopic (exact) mass is 434 g/mol. The number of hydrogen-bond acceptors (Lipinski definition) is 0. The lowest BCUT2D eigenvalue weighted by Gasteiger charge is -2.21. The second kappa shape index (κ2) is 14.6. The van der Waals surface area contributed by atoms with Gasteiger partial charge >= 0.3 is 0 Å². The third-order valence-electron chi connectivity index (χ3n) is 6.95. The zero-order valence-electron chi connectivity index (χ0n) is 22.2. The minimum Gasteiger partial charge on any atom is -0.0651 e. The van der Waals surface area contributed by atoms with Gasteiger partial charge in [-0.2, -0.15) is 0 Å². The maximum absolute atomic E-state index is 2.48. The summed E-state index contributed by atoms with van der Waals surface area (Å²) in [5, 5.41) is 0. The summed E-state index contributed by atoms with van der Waals surface area (Å²) in [5.74, 6) is 0. The molecule has 0 N–H and O–H groups in total. The van der Waals surface area contributed by atoms with E-state index in [1.807, 2.05) is 0 Å². The smallest absolute Gasteiger partial charge is 0.0235 e. The van der Waals surface area contributed by atoms with Crippen molar-refractivity contribution in [3.63, 3.8) is 0 Å². The summed E-state index contributed by atoms with van der Waals surface area (Å²) in [6, 6.07) is 9.88. The average Bonchev–Trinajstić information content (AvgIpc) is 2.79. The maximum atomic E-state index is 2.48. The first kappa shape index (κ1) is 26.7. The molecule has 0 saturated heterocycles. The molecule has 0 saturated carbocycles. The molecule has 0 nitrogen and oxygen atoms in total. The highest BCUT2D eigenvalue weighted by atomic mass is 14.2. The van der Waals surface area contributed by atoms with E-state index >= 15 is 0 Å². The van der Waals surface area contributed by atoms with Crippen LogP contribution in [0.15, 0.2) is 24.3 Å². The molecule has 0 amide bonds. The average molecular weight is 435 g/mol. The Morgan fingerprint density at radius 1 is 0.312 bits per heavy atom. The first-order valence-electron chi connectivity index (χ1n) is 13.9. The van der Waals surface area contributed by atoms with Crippen LogP contribution in [0.1, 0.15) is 125 Å². The molecule has 2 aromatic rings. The molecule has 0 fully saturated rings. The van der Waals surface area contributed by atoms with Crippen LogP contribution in [0.5, 0.6) is 0 Å². The summed E-state index contributed by atoms with van der Waals surface area (Å²) in [4.78, 5) is 0. The third-order valence-corrected chi connectivity index (χ3v) is 6.95. The molecule has 0 aromatic heterocycles. The molecule has 0 atom stereocenters. The van der Waals surface area contributed by atoms with Gasteiger partial charge in [0.1, 0.15) is 0 Å². The second-order valence-electron chi connectivity index (χ2n) is 9.68. The van der Waals surface area contributed by atoms with Gasteiger partial charge in [-0.3, -0.25) is 0 Å². The van der Waals surface area contributed by atoms with Crippen molar-refractivity contribution < 1.29 is 0 Å². The molecular formula is C32H50. The van der Waals surface area contributed by atoms with E-state index in [0.29, 0.717) is 0 Å². The molecule has 0 bridgehead atoms. The van der Waals surface area contributed by atoms with Gasteiger partial charge in [0.15, 0.2) is 0 Å². The van der Waals surface area contributed by atoms with E-state index in [9.17, 15) is 0 Å². The fourth-order valence-corrected chi connectivity index (χ4v) is 5.57. The van der Waals surface area contributed by atoms with E-state index < -0.39 is 0 Å². The van der Waals surface area contributed by atoms with Gasteiger partial charge in [0.05, 0.1) is 0 Å². The van der Waals surface area contributed by atoms with Gasteiger partial charge in [0, 0.05) is 0 Å². The zero-order chi connectivity index (χ0) is 23.3. The number of benzene rings is 2. The van der Waals surface area contributed by atoms with Crippen molar-refractivity contribution in [3.05, 3.63) is 68.8 Å². The van der Waals surface area contributed by atoms with Crippen molar-refractivity contribution in [2.24, 2.45) is 0 Å². The van der Waals surface area contributed by atoms with E-state index in [-0.39, 0.29) is 0 Å². The van der Waals surface area contributed by atoms with Gasteiger partial charge in [-0.05, 0) is 95.9 Å². The molecule has 32 heavy (non-hydrogen) atoms. The zero-order valence-corrected chi connectivity index (χ0v) is 22.2. The second-order valence-corrected chi connectivity index (χ2v) is 9.68. The molecule has 0 aliphatic rings. The van der Waals surface area contributed by atoms with Crippen LogP contribution >= 0.6 is 0 Å². The lowest BCUT2D eigenvalue weighted by atomic mass is 9.84. The Hall–Kier alpha value is -1.56. The van der Waals surface area contributed by atoms with Crippen molar-refractivity contribution >= 4 is 0 Å². The topological polar surface area (TPSA) is 0 Å². The standard InChI is InChI=1S/C32H50/c1-7-13-25-19-21-27(31(17-11-5)29(25)15-9-3)23-24-28-22-20-26(14-8-2)30(16-10-4)32(28)18-12-6/h19-22H,7-18,23-24H2,1-6H3. The summed E-state index contributed by atoms with van der Waals surface area (Å²) in [5.41, 5.74) is 13.2. The highest BCUT2D eigenvalue weighted by Crippen LogP contribution is 2.28. The van der Waals surface area contributed by atoms with Crippen molar-refractivity contribution in [3.8, 4) is 0 Å². The fraction of sp³-hybridized carbons (Fsp3) is 0.625. The van der Waals surface area contributed by atoms with Crippen molar-refractivity contribution in [2.45, 2.75) is 131 Å². The van der Waals surface area contributed by atoms with Gasteiger partial charge in [-0.1, -0.05) is 104 Å². The Balaban J connectivity index is 2.41. The van der Waals surface area contributed by atoms with E-state index in [0.717, 1.165) is 0 Å². The molecule has 0 unspecified atom stereocenters. The molecule has 2 rings (SSSR count). The quantitative estimate of drug-likeness (QED) is 0.262. The Morgan fingerprint density at radius 2 is 0.531 bits per heavy atom. The van der Waals surface area contributed by atoms with Crippen LogP contribution in [-0.4, -0.2) is 0 Å². The Kier molecular flexibility index (Phi) is 12.1. The lowest BCUT2D eigenvalue weighted by molar-refractivity contribution is 0.791. The van der Waals surface area contributed by atoms with E-state index in [2.05, 4.69) is 65.8 Å². The number of hydrogen-bond donors (Lipinski definition) is 0. The third kappa shape index (κ3) is 6.97. The predicted octanol–water partition coefficient (Wildman–Crippen LogP) is 9.19. The van der Waals surface area contributed by atoms with Crippen LogP contribution in [0.2, 0.25) is 0 Å². The summed E-state index contributed by atoms with van der Waals surface area (Å²) in [7, 11) is 0. The Morgan fingerprint density at radius 3 is 0.750 bits per heavy atom. The van der Waals surface area contributed by atoms with E-state index in [4.69, 9.17) is 0 Å². The number of rotatable bonds is 15. The SMILES string of the molecule is CCCc1ccc(CCc2ccc(CCC)c(CCC)c2CCC)c(CCC)c1CCC. The van der Waals surface area contributed by atoms with Crippen molar-refractivity contribution in [2.75, 3.05) is 0 Å². The summed E-state index contributed by atoms with van der Waals surface area (Å²) in [6.45, 7) is 14.0. The highest BCUT2D eigenvalue weighted by molar-refractivity contribution is 5.45. The first-order chi connectivity index (χ1) is 15.6. The maximum Gasteiger partial charge on any atom is -0.0235 e. The molecule has 0 heteroatoms. The Bertz CT molecular complexity index is 742. The van der Waals surface area contributed by atoms with Gasteiger partial charge in [-0.15, -0.1) is 0 Å². The van der Waals surface area contributed by atoms with E-state index in [1.54, 1.807) is 44.5 Å². The van der Waals surface area contributed by atoms with Crippen LogP contribution in [-0.2, 0) is 51.4 Å². The lowest BCUT2D eigenvalue weighted by Crippen LogP contribution is -2.09. The fourth-order valence-electron chi connectivity index (χ4n) is 5.57. The highest BCUT2D eigenvalue weighted by Gasteiger charge is 2.15. The minimum atomic E-state index is 1.19. The van der Waals surface area contributed by atoms with Crippen molar-refractivity contribution in [1.29, 1.82) is 0 Å². The largest absolute Gasteiger partial charge is 0.0651 e. The summed E-state index contributed by atoms with van der Waals surface area (Å²) < 4.78 is 0. The minimum absolute atomic E-state index is 1.19. The molecule has 0 aliphatic heterocycles. The van der Waals surface area contributed by atoms with Gasteiger partial charge in [-0.25, -0.2) is 0 Å². The molecule has 0 spiro atoms.